The fraction of sp³-hybridized carbons (Fsp3) is 0.407. The molecule has 4 rings (SSSR count). The maximum Gasteiger partial charge on any atom is 0.336 e. The Morgan fingerprint density at radius 2 is 1.97 bits per heavy atom. The first-order chi connectivity index (χ1) is 16.5. The molecule has 1 N–H and O–H groups in total. The van der Waals surface area contributed by atoms with Gasteiger partial charge in [-0.1, -0.05) is 25.1 Å². The van der Waals surface area contributed by atoms with Crippen LogP contribution in [-0.4, -0.2) is 36.5 Å². The highest BCUT2D eigenvalue weighted by Crippen LogP contribution is 2.46. The largest absolute Gasteiger partial charge is 0.494 e. The molecule has 0 bridgehead atoms. The Labute approximate surface area is 209 Å². The minimum Gasteiger partial charge on any atom is -0.494 e. The molecule has 2 atom stereocenters. The molecule has 1 aromatic heterocycles. The van der Waals surface area contributed by atoms with Crippen molar-refractivity contribution in [2.24, 2.45) is 0 Å². The van der Waals surface area contributed by atoms with Gasteiger partial charge in [0.15, 0.2) is 5.78 Å². The van der Waals surface area contributed by atoms with Crippen molar-refractivity contribution in [2.45, 2.75) is 45.4 Å². The predicted octanol–water partition coefficient (Wildman–Crippen LogP) is 5.80. The molecule has 0 radical (unpaired) electrons. The van der Waals surface area contributed by atoms with Gasteiger partial charge in [0, 0.05) is 45.9 Å². The molecular formula is C27H31NO4S2. The first-order valence-electron chi connectivity index (χ1n) is 11.8. The first kappa shape index (κ1) is 24.6. The Balaban J connectivity index is 1.70. The van der Waals surface area contributed by atoms with E-state index in [9.17, 15) is 9.59 Å². The van der Waals surface area contributed by atoms with Crippen LogP contribution in [0.4, 0.5) is 0 Å². The average Bonchev–Trinajstić information content (AvgIpc) is 3.37. The number of esters is 1. The third-order valence-electron chi connectivity index (χ3n) is 6.18. The first-order valence-corrected chi connectivity index (χ1v) is 13.8. The SMILES string of the molecule is CCOc1ccc(C2C(C(=O)OCCSCC)=C(C)NC3=C2C(=O)CC(c2cccs2)C3)cc1. The van der Waals surface area contributed by atoms with E-state index in [1.165, 1.54) is 4.88 Å². The number of nitrogens with one attached hydrogen (secondary N) is 1. The van der Waals surface area contributed by atoms with Crippen molar-refractivity contribution in [3.05, 3.63) is 74.8 Å². The van der Waals surface area contributed by atoms with Crippen LogP contribution in [0.15, 0.2) is 64.3 Å². The fourth-order valence-corrected chi connectivity index (χ4v) is 6.03. The Hall–Kier alpha value is -2.51. The summed E-state index contributed by atoms with van der Waals surface area (Å²) >= 11 is 3.42. The lowest BCUT2D eigenvalue weighted by Gasteiger charge is -2.36. The quantitative estimate of drug-likeness (QED) is 0.349. The molecule has 0 saturated carbocycles. The van der Waals surface area contributed by atoms with E-state index in [0.29, 0.717) is 30.8 Å². The summed E-state index contributed by atoms with van der Waals surface area (Å²) in [5.74, 6) is 1.94. The van der Waals surface area contributed by atoms with Gasteiger partial charge in [-0.15, -0.1) is 11.3 Å². The van der Waals surface area contributed by atoms with E-state index in [2.05, 4.69) is 23.7 Å². The number of allylic oxidation sites excluding steroid dienone is 3. The molecule has 2 unspecified atom stereocenters. The fourth-order valence-electron chi connectivity index (χ4n) is 4.71. The lowest BCUT2D eigenvalue weighted by molar-refractivity contribution is -0.138. The van der Waals surface area contributed by atoms with Crippen molar-refractivity contribution >= 4 is 34.9 Å². The van der Waals surface area contributed by atoms with E-state index >= 15 is 0 Å². The van der Waals surface area contributed by atoms with Gasteiger partial charge in [0.25, 0.3) is 0 Å². The van der Waals surface area contributed by atoms with Gasteiger partial charge in [0.2, 0.25) is 0 Å². The van der Waals surface area contributed by atoms with Crippen molar-refractivity contribution in [2.75, 3.05) is 24.7 Å². The molecule has 1 aliphatic heterocycles. The summed E-state index contributed by atoms with van der Waals surface area (Å²) in [6.07, 6.45) is 1.20. The van der Waals surface area contributed by atoms with E-state index in [-0.39, 0.29) is 17.7 Å². The van der Waals surface area contributed by atoms with Crippen LogP contribution in [0.3, 0.4) is 0 Å². The zero-order chi connectivity index (χ0) is 24.1. The summed E-state index contributed by atoms with van der Waals surface area (Å²) in [5, 5.41) is 5.47. The van der Waals surface area contributed by atoms with Crippen molar-refractivity contribution in [1.29, 1.82) is 0 Å². The molecule has 0 fully saturated rings. The van der Waals surface area contributed by atoms with Crippen LogP contribution in [-0.2, 0) is 14.3 Å². The second-order valence-corrected chi connectivity index (χ2v) is 10.7. The molecular weight excluding hydrogens is 466 g/mol. The third kappa shape index (κ3) is 5.26. The van der Waals surface area contributed by atoms with Gasteiger partial charge in [0.1, 0.15) is 12.4 Å². The molecule has 1 aromatic carbocycles. The van der Waals surface area contributed by atoms with E-state index in [4.69, 9.17) is 9.47 Å². The number of benzene rings is 1. The summed E-state index contributed by atoms with van der Waals surface area (Å²) in [5.41, 5.74) is 3.79. The lowest BCUT2D eigenvalue weighted by atomic mass is 9.72. The standard InChI is InChI=1S/C27H31NO4S2/c1-4-31-20-10-8-18(9-11-20)25-24(27(30)32-12-14-33-5-2)17(3)28-21-15-19(16-22(29)26(21)25)23-7-6-13-34-23/h6-11,13,19,25,28H,4-5,12,14-16H2,1-3H3. The molecule has 2 aliphatic rings. The normalized spacial score (nSPS) is 20.1. The van der Waals surface area contributed by atoms with Crippen molar-refractivity contribution in [1.82, 2.24) is 5.32 Å². The topological polar surface area (TPSA) is 64.6 Å². The molecule has 0 saturated heterocycles. The highest BCUT2D eigenvalue weighted by Gasteiger charge is 2.41. The molecule has 2 heterocycles. The summed E-state index contributed by atoms with van der Waals surface area (Å²) in [6.45, 7) is 6.86. The number of thiophene rings is 1. The lowest BCUT2D eigenvalue weighted by Crippen LogP contribution is -2.36. The Bertz CT molecular complexity index is 1090. The number of rotatable bonds is 9. The van der Waals surface area contributed by atoms with E-state index < -0.39 is 5.92 Å². The predicted molar refractivity (Wildman–Crippen MR) is 138 cm³/mol. The summed E-state index contributed by atoms with van der Waals surface area (Å²) < 4.78 is 11.3. The van der Waals surface area contributed by atoms with E-state index in [1.54, 1.807) is 23.1 Å². The number of hydrogen-bond acceptors (Lipinski definition) is 7. The molecule has 2 aromatic rings. The Morgan fingerprint density at radius 1 is 1.18 bits per heavy atom. The molecule has 1 aliphatic carbocycles. The molecule has 180 valence electrons. The zero-order valence-electron chi connectivity index (χ0n) is 19.9. The van der Waals surface area contributed by atoms with Crippen LogP contribution in [0.25, 0.3) is 0 Å². The Morgan fingerprint density at radius 3 is 2.65 bits per heavy atom. The van der Waals surface area contributed by atoms with Crippen LogP contribution in [0.5, 0.6) is 5.75 Å². The minimum absolute atomic E-state index is 0.0883. The number of ether oxygens (including phenoxy) is 2. The number of dihydropyridines is 1. The molecule has 5 nitrogen and oxygen atoms in total. The van der Waals surface area contributed by atoms with Crippen molar-refractivity contribution in [3.63, 3.8) is 0 Å². The number of thioether (sulfide) groups is 1. The van der Waals surface area contributed by atoms with Gasteiger partial charge >= 0.3 is 5.97 Å². The van der Waals surface area contributed by atoms with Crippen LogP contribution in [0.2, 0.25) is 0 Å². The third-order valence-corrected chi connectivity index (χ3v) is 8.08. The number of carbonyl (C=O) groups excluding carboxylic acids is 2. The summed E-state index contributed by atoms with van der Waals surface area (Å²) in [7, 11) is 0. The maximum absolute atomic E-state index is 13.6. The van der Waals surface area contributed by atoms with Crippen molar-refractivity contribution < 1.29 is 19.1 Å². The molecule has 34 heavy (non-hydrogen) atoms. The van der Waals surface area contributed by atoms with Crippen LogP contribution in [0.1, 0.15) is 55.9 Å². The second-order valence-electron chi connectivity index (χ2n) is 8.37. The molecule has 0 spiro atoms. The average molecular weight is 498 g/mol. The maximum atomic E-state index is 13.6. The number of ketones is 1. The highest BCUT2D eigenvalue weighted by atomic mass is 32.2. The Kier molecular flexibility index (Phi) is 8.16. The second kappa shape index (κ2) is 11.3. The monoisotopic (exact) mass is 497 g/mol. The van der Waals surface area contributed by atoms with Gasteiger partial charge < -0.3 is 14.8 Å². The van der Waals surface area contributed by atoms with Crippen LogP contribution >= 0.6 is 23.1 Å². The molecule has 7 heteroatoms. The van der Waals surface area contributed by atoms with Crippen LogP contribution < -0.4 is 10.1 Å². The van der Waals surface area contributed by atoms with Gasteiger partial charge in [0.05, 0.1) is 12.2 Å². The highest BCUT2D eigenvalue weighted by molar-refractivity contribution is 7.99. The smallest absolute Gasteiger partial charge is 0.336 e. The number of Topliss-reactive ketones (excluding diaryl/α,β-unsaturated/α-hetero) is 1. The van der Waals surface area contributed by atoms with Gasteiger partial charge in [-0.3, -0.25) is 4.79 Å². The van der Waals surface area contributed by atoms with Gasteiger partial charge in [-0.25, -0.2) is 4.79 Å². The minimum atomic E-state index is -0.449. The van der Waals surface area contributed by atoms with Crippen molar-refractivity contribution in [3.8, 4) is 5.75 Å². The van der Waals surface area contributed by atoms with E-state index in [1.807, 2.05) is 44.2 Å². The van der Waals surface area contributed by atoms with Gasteiger partial charge in [-0.05, 0) is 55.2 Å². The van der Waals surface area contributed by atoms with Crippen LogP contribution in [0, 0.1) is 0 Å². The summed E-state index contributed by atoms with van der Waals surface area (Å²) in [6, 6.07) is 11.8. The zero-order valence-corrected chi connectivity index (χ0v) is 21.5. The van der Waals surface area contributed by atoms with Gasteiger partial charge in [-0.2, -0.15) is 11.8 Å². The molecule has 0 amide bonds. The van der Waals surface area contributed by atoms with E-state index in [0.717, 1.165) is 40.6 Å². The summed E-state index contributed by atoms with van der Waals surface area (Å²) in [4.78, 5) is 28.1. The number of carbonyl (C=O) groups is 2. The number of hydrogen-bond donors (Lipinski definition) is 1.